The first kappa shape index (κ1) is 19.1. The second-order valence-corrected chi connectivity index (χ2v) is 8.01. The number of fused-ring (bicyclic) bond motifs is 2. The molecule has 7 nitrogen and oxygen atoms in total. The van der Waals surface area contributed by atoms with E-state index in [0.29, 0.717) is 18.5 Å². The number of hydrogen-bond donors (Lipinski definition) is 0. The number of carbonyl (C=O) groups excluding carboxylic acids is 1. The molecule has 0 aliphatic carbocycles. The minimum absolute atomic E-state index is 0.106. The number of amides is 1. The zero-order chi connectivity index (χ0) is 20.7. The van der Waals surface area contributed by atoms with Crippen molar-refractivity contribution in [2.45, 2.75) is 38.8 Å². The van der Waals surface area contributed by atoms with E-state index in [2.05, 4.69) is 21.8 Å². The zero-order valence-corrected chi connectivity index (χ0v) is 17.4. The molecule has 1 aromatic carbocycles. The average Bonchev–Trinajstić information content (AvgIpc) is 3.17. The second-order valence-electron chi connectivity index (χ2n) is 8.01. The van der Waals surface area contributed by atoms with Crippen LogP contribution >= 0.6 is 0 Å². The first-order chi connectivity index (χ1) is 14.7. The predicted octanol–water partition coefficient (Wildman–Crippen LogP) is 3.36. The van der Waals surface area contributed by atoms with E-state index in [9.17, 15) is 4.79 Å². The van der Waals surface area contributed by atoms with Gasteiger partial charge in [-0.2, -0.15) is 5.10 Å². The SMILES string of the molecule is COc1cc2cccc(-c3nn(C4CCOCC4)c4c3CN(C(C)=O)CC4)c2cn1. The molecule has 0 saturated carbocycles. The van der Waals surface area contributed by atoms with E-state index in [4.69, 9.17) is 14.6 Å². The van der Waals surface area contributed by atoms with E-state index < -0.39 is 0 Å². The van der Waals surface area contributed by atoms with Crippen molar-refractivity contribution in [1.29, 1.82) is 0 Å². The minimum atomic E-state index is 0.106. The van der Waals surface area contributed by atoms with E-state index >= 15 is 0 Å². The van der Waals surface area contributed by atoms with Gasteiger partial charge in [0, 0.05) is 74.1 Å². The van der Waals surface area contributed by atoms with Crippen LogP contribution in [0.1, 0.15) is 37.1 Å². The van der Waals surface area contributed by atoms with Crippen LogP contribution < -0.4 is 4.74 Å². The van der Waals surface area contributed by atoms with Crippen molar-refractivity contribution in [2.75, 3.05) is 26.9 Å². The van der Waals surface area contributed by atoms with E-state index in [1.54, 1.807) is 14.0 Å². The number of benzene rings is 1. The molecule has 5 rings (SSSR count). The molecule has 1 saturated heterocycles. The van der Waals surface area contributed by atoms with Crippen LogP contribution in [0.5, 0.6) is 5.88 Å². The Balaban J connectivity index is 1.67. The van der Waals surface area contributed by atoms with Gasteiger partial charge in [0.2, 0.25) is 11.8 Å². The second kappa shape index (κ2) is 7.72. The monoisotopic (exact) mass is 406 g/mol. The van der Waals surface area contributed by atoms with Crippen molar-refractivity contribution in [2.24, 2.45) is 0 Å². The fourth-order valence-corrected chi connectivity index (χ4v) is 4.63. The molecule has 0 N–H and O–H groups in total. The van der Waals surface area contributed by atoms with Crippen molar-refractivity contribution < 1.29 is 14.3 Å². The lowest BCUT2D eigenvalue weighted by Gasteiger charge is -2.29. The summed E-state index contributed by atoms with van der Waals surface area (Å²) in [5.74, 6) is 0.701. The first-order valence-corrected chi connectivity index (χ1v) is 10.5. The molecule has 7 heteroatoms. The predicted molar refractivity (Wildman–Crippen MR) is 113 cm³/mol. The number of methoxy groups -OCH3 is 1. The number of nitrogens with zero attached hydrogens (tertiary/aromatic N) is 4. The number of hydrogen-bond acceptors (Lipinski definition) is 5. The summed E-state index contributed by atoms with van der Waals surface area (Å²) in [6.07, 6.45) is 4.63. The highest BCUT2D eigenvalue weighted by molar-refractivity contribution is 5.96. The quantitative estimate of drug-likeness (QED) is 0.667. The van der Waals surface area contributed by atoms with E-state index in [0.717, 1.165) is 66.6 Å². The molecule has 0 bridgehead atoms. The maximum atomic E-state index is 12.1. The van der Waals surface area contributed by atoms with Gasteiger partial charge >= 0.3 is 0 Å². The highest BCUT2D eigenvalue weighted by Crippen LogP contribution is 2.37. The van der Waals surface area contributed by atoms with E-state index in [1.807, 2.05) is 23.2 Å². The molecule has 1 amide bonds. The Morgan fingerprint density at radius 1 is 1.27 bits per heavy atom. The number of carbonyl (C=O) groups is 1. The van der Waals surface area contributed by atoms with Gasteiger partial charge in [0.25, 0.3) is 0 Å². The summed E-state index contributed by atoms with van der Waals surface area (Å²) in [6.45, 7) is 4.52. The van der Waals surface area contributed by atoms with Crippen LogP contribution in [0.15, 0.2) is 30.5 Å². The summed E-state index contributed by atoms with van der Waals surface area (Å²) in [5, 5.41) is 7.24. The molecule has 2 aliphatic rings. The van der Waals surface area contributed by atoms with Gasteiger partial charge in [-0.25, -0.2) is 4.98 Å². The summed E-state index contributed by atoms with van der Waals surface area (Å²) < 4.78 is 13.1. The van der Waals surface area contributed by atoms with Crippen LogP contribution in [0.25, 0.3) is 22.0 Å². The molecule has 0 unspecified atom stereocenters. The van der Waals surface area contributed by atoms with E-state index in [1.165, 1.54) is 5.69 Å². The highest BCUT2D eigenvalue weighted by atomic mass is 16.5. The Bertz CT molecular complexity index is 1100. The summed E-state index contributed by atoms with van der Waals surface area (Å²) in [4.78, 5) is 18.4. The van der Waals surface area contributed by atoms with Gasteiger partial charge in [-0.05, 0) is 18.2 Å². The number of rotatable bonds is 3. The first-order valence-electron chi connectivity index (χ1n) is 10.5. The number of pyridine rings is 1. The topological polar surface area (TPSA) is 69.5 Å². The third-order valence-electron chi connectivity index (χ3n) is 6.27. The normalized spacial score (nSPS) is 17.2. The van der Waals surface area contributed by atoms with Crippen molar-refractivity contribution >= 4 is 16.7 Å². The molecular formula is C23H26N4O3. The van der Waals surface area contributed by atoms with Crippen molar-refractivity contribution in [1.82, 2.24) is 19.7 Å². The molecule has 4 heterocycles. The molecule has 0 radical (unpaired) electrons. The lowest BCUT2D eigenvalue weighted by molar-refractivity contribution is -0.129. The van der Waals surface area contributed by atoms with Crippen LogP contribution in [0.4, 0.5) is 0 Å². The van der Waals surface area contributed by atoms with Crippen LogP contribution in [0.2, 0.25) is 0 Å². The summed E-state index contributed by atoms with van der Waals surface area (Å²) in [6, 6.07) is 8.50. The summed E-state index contributed by atoms with van der Waals surface area (Å²) in [7, 11) is 1.63. The van der Waals surface area contributed by atoms with E-state index in [-0.39, 0.29) is 5.91 Å². The molecule has 0 spiro atoms. The van der Waals surface area contributed by atoms with Gasteiger partial charge < -0.3 is 14.4 Å². The van der Waals surface area contributed by atoms with Crippen LogP contribution in [-0.4, -0.2) is 52.4 Å². The lowest BCUT2D eigenvalue weighted by Crippen LogP contribution is -2.35. The summed E-state index contributed by atoms with van der Waals surface area (Å²) >= 11 is 0. The van der Waals surface area contributed by atoms with Gasteiger partial charge in [-0.1, -0.05) is 18.2 Å². The van der Waals surface area contributed by atoms with Gasteiger partial charge in [0.1, 0.15) is 0 Å². The number of ether oxygens (including phenoxy) is 2. The Labute approximate surface area is 175 Å². The molecule has 3 aromatic rings. The maximum absolute atomic E-state index is 12.1. The van der Waals surface area contributed by atoms with Crippen LogP contribution in [-0.2, 0) is 22.5 Å². The Morgan fingerprint density at radius 3 is 2.87 bits per heavy atom. The lowest BCUT2D eigenvalue weighted by atomic mass is 9.97. The van der Waals surface area contributed by atoms with Crippen LogP contribution in [0, 0.1) is 0 Å². The molecule has 156 valence electrons. The molecule has 1 fully saturated rings. The smallest absolute Gasteiger partial charge is 0.219 e. The Morgan fingerprint density at radius 2 is 2.10 bits per heavy atom. The standard InChI is InChI=1S/C23H26N4O3/c1-15(28)26-9-6-21-20(14-26)23(25-27(21)17-7-10-30-11-8-17)18-5-3-4-16-12-22(29-2)24-13-19(16)18/h3-5,12-13,17H,6-11,14H2,1-2H3. The van der Waals surface area contributed by atoms with Crippen molar-refractivity contribution in [3.05, 3.63) is 41.7 Å². The fourth-order valence-electron chi connectivity index (χ4n) is 4.63. The fraction of sp³-hybridized carbons (Fsp3) is 0.435. The number of aromatic nitrogens is 3. The zero-order valence-electron chi connectivity index (χ0n) is 17.4. The molecule has 0 atom stereocenters. The van der Waals surface area contributed by atoms with Gasteiger partial charge in [-0.3, -0.25) is 9.48 Å². The highest BCUT2D eigenvalue weighted by Gasteiger charge is 2.30. The third kappa shape index (κ3) is 3.23. The van der Waals surface area contributed by atoms with Crippen molar-refractivity contribution in [3.8, 4) is 17.1 Å². The van der Waals surface area contributed by atoms with Gasteiger partial charge in [-0.15, -0.1) is 0 Å². The largest absolute Gasteiger partial charge is 0.481 e. The molecule has 2 aromatic heterocycles. The molecule has 2 aliphatic heterocycles. The average molecular weight is 406 g/mol. The Hall–Kier alpha value is -2.93. The third-order valence-corrected chi connectivity index (χ3v) is 6.27. The maximum Gasteiger partial charge on any atom is 0.219 e. The minimum Gasteiger partial charge on any atom is -0.481 e. The van der Waals surface area contributed by atoms with Crippen LogP contribution in [0.3, 0.4) is 0 Å². The van der Waals surface area contributed by atoms with Gasteiger partial charge in [0.15, 0.2) is 0 Å². The molecular weight excluding hydrogens is 380 g/mol. The van der Waals surface area contributed by atoms with Crippen molar-refractivity contribution in [3.63, 3.8) is 0 Å². The molecule has 30 heavy (non-hydrogen) atoms. The van der Waals surface area contributed by atoms with Gasteiger partial charge in [0.05, 0.1) is 18.8 Å². The Kier molecular flexibility index (Phi) is 4.90. The summed E-state index contributed by atoms with van der Waals surface area (Å²) in [5.41, 5.74) is 4.43.